The van der Waals surface area contributed by atoms with Gasteiger partial charge in [-0.05, 0) is 38.8 Å². The van der Waals surface area contributed by atoms with Crippen LogP contribution in [0.1, 0.15) is 51.4 Å². The fourth-order valence-corrected chi connectivity index (χ4v) is 4.16. The topological polar surface area (TPSA) is 32.3 Å². The number of hydrogen-bond acceptors (Lipinski definition) is 4. The third-order valence-corrected chi connectivity index (χ3v) is 5.28. The molecule has 1 aliphatic heterocycles. The lowest BCUT2D eigenvalue weighted by Crippen LogP contribution is -2.57. The van der Waals surface area contributed by atoms with Gasteiger partial charge in [-0.25, -0.2) is 4.98 Å². The molecule has 3 rings (SSSR count). The van der Waals surface area contributed by atoms with Crippen molar-refractivity contribution in [3.63, 3.8) is 0 Å². The van der Waals surface area contributed by atoms with Gasteiger partial charge in [0.2, 0.25) is 0 Å². The Morgan fingerprint density at radius 1 is 1.05 bits per heavy atom. The summed E-state index contributed by atoms with van der Waals surface area (Å²) in [4.78, 5) is 13.8. The van der Waals surface area contributed by atoms with Gasteiger partial charge in [0.15, 0.2) is 0 Å². The van der Waals surface area contributed by atoms with Gasteiger partial charge in [-0.3, -0.25) is 9.88 Å². The summed E-state index contributed by atoms with van der Waals surface area (Å²) in [5.74, 6) is 0.999. The standard InChI is InChI=1S/C17H28N4/c1-20(16-14-18-10-11-19-16)15-17(8-4-2-5-9-17)21-12-6-3-7-13-21/h10-11,14H,2-9,12-13,15H2,1H3. The molecule has 116 valence electrons. The van der Waals surface area contributed by atoms with Crippen LogP contribution in [0.5, 0.6) is 0 Å². The van der Waals surface area contributed by atoms with Crippen molar-refractivity contribution in [3.8, 4) is 0 Å². The molecule has 2 fully saturated rings. The molecular weight excluding hydrogens is 260 g/mol. The molecule has 0 bridgehead atoms. The van der Waals surface area contributed by atoms with Crippen LogP contribution in [-0.2, 0) is 0 Å². The van der Waals surface area contributed by atoms with Gasteiger partial charge in [0, 0.05) is 31.5 Å². The first-order chi connectivity index (χ1) is 10.3. The highest BCUT2D eigenvalue weighted by Gasteiger charge is 2.39. The minimum absolute atomic E-state index is 0.366. The Labute approximate surface area is 128 Å². The first-order valence-electron chi connectivity index (χ1n) is 8.52. The highest BCUT2D eigenvalue weighted by Crippen LogP contribution is 2.36. The van der Waals surface area contributed by atoms with Crippen LogP contribution in [-0.4, -0.2) is 47.1 Å². The van der Waals surface area contributed by atoms with E-state index in [-0.39, 0.29) is 0 Å². The Hall–Kier alpha value is -1.16. The van der Waals surface area contributed by atoms with Crippen molar-refractivity contribution in [1.82, 2.24) is 14.9 Å². The summed E-state index contributed by atoms with van der Waals surface area (Å²) in [5, 5.41) is 0. The van der Waals surface area contributed by atoms with Gasteiger partial charge < -0.3 is 4.90 Å². The van der Waals surface area contributed by atoms with Crippen LogP contribution in [0, 0.1) is 0 Å². The maximum Gasteiger partial charge on any atom is 0.146 e. The molecule has 0 spiro atoms. The zero-order valence-electron chi connectivity index (χ0n) is 13.3. The molecule has 21 heavy (non-hydrogen) atoms. The zero-order valence-corrected chi connectivity index (χ0v) is 13.3. The lowest BCUT2D eigenvalue weighted by atomic mass is 9.79. The van der Waals surface area contributed by atoms with E-state index in [0.717, 1.165) is 12.4 Å². The molecule has 4 nitrogen and oxygen atoms in total. The largest absolute Gasteiger partial charge is 0.357 e. The minimum Gasteiger partial charge on any atom is -0.357 e. The van der Waals surface area contributed by atoms with Crippen molar-refractivity contribution in [2.75, 3.05) is 31.6 Å². The van der Waals surface area contributed by atoms with Crippen LogP contribution < -0.4 is 4.90 Å². The van der Waals surface area contributed by atoms with Gasteiger partial charge in [0.05, 0.1) is 6.20 Å². The summed E-state index contributed by atoms with van der Waals surface area (Å²) >= 11 is 0. The quantitative estimate of drug-likeness (QED) is 0.852. The monoisotopic (exact) mass is 288 g/mol. The first-order valence-corrected chi connectivity index (χ1v) is 8.52. The van der Waals surface area contributed by atoms with Crippen molar-refractivity contribution in [1.29, 1.82) is 0 Å². The number of rotatable bonds is 4. The number of hydrogen-bond donors (Lipinski definition) is 0. The summed E-state index contributed by atoms with van der Waals surface area (Å²) in [6.45, 7) is 3.66. The lowest BCUT2D eigenvalue weighted by molar-refractivity contribution is 0.0395. The maximum atomic E-state index is 4.47. The van der Waals surface area contributed by atoms with E-state index in [1.54, 1.807) is 12.4 Å². The predicted octanol–water partition coefficient (Wildman–Crippen LogP) is 3.10. The third kappa shape index (κ3) is 3.37. The Kier molecular flexibility index (Phi) is 4.73. The van der Waals surface area contributed by atoms with E-state index in [1.807, 2.05) is 6.20 Å². The maximum absolute atomic E-state index is 4.47. The summed E-state index contributed by atoms with van der Waals surface area (Å²) in [6, 6.07) is 0. The average Bonchev–Trinajstić information content (AvgIpc) is 2.57. The molecule has 0 aromatic carbocycles. The van der Waals surface area contributed by atoms with Gasteiger partial charge in [0.25, 0.3) is 0 Å². The highest BCUT2D eigenvalue weighted by atomic mass is 15.3. The molecule has 0 amide bonds. The van der Waals surface area contributed by atoms with Gasteiger partial charge in [-0.15, -0.1) is 0 Å². The molecule has 0 atom stereocenters. The minimum atomic E-state index is 0.366. The van der Waals surface area contributed by atoms with E-state index in [1.165, 1.54) is 64.5 Å². The summed E-state index contributed by atoms with van der Waals surface area (Å²) < 4.78 is 0. The number of likely N-dealkylation sites (N-methyl/N-ethyl adjacent to an activating group) is 1. The predicted molar refractivity (Wildman–Crippen MR) is 86.5 cm³/mol. The Bertz CT molecular complexity index is 422. The molecule has 1 saturated heterocycles. The van der Waals surface area contributed by atoms with E-state index in [2.05, 4.69) is 26.8 Å². The number of likely N-dealkylation sites (tertiary alicyclic amines) is 1. The van der Waals surface area contributed by atoms with Gasteiger partial charge >= 0.3 is 0 Å². The molecule has 4 heteroatoms. The van der Waals surface area contributed by atoms with E-state index in [9.17, 15) is 0 Å². The summed E-state index contributed by atoms with van der Waals surface area (Å²) in [6.07, 6.45) is 16.4. The molecule has 1 aromatic rings. The molecule has 2 heterocycles. The SMILES string of the molecule is CN(CC1(N2CCCCC2)CCCCC1)c1cnccn1. The van der Waals surface area contributed by atoms with Crippen molar-refractivity contribution in [2.45, 2.75) is 56.9 Å². The van der Waals surface area contributed by atoms with Crippen LogP contribution in [0.25, 0.3) is 0 Å². The van der Waals surface area contributed by atoms with E-state index < -0.39 is 0 Å². The molecule has 0 radical (unpaired) electrons. The Balaban J connectivity index is 1.75. The molecule has 2 aliphatic rings. The van der Waals surface area contributed by atoms with Crippen LogP contribution in [0.2, 0.25) is 0 Å². The van der Waals surface area contributed by atoms with Crippen molar-refractivity contribution in [2.24, 2.45) is 0 Å². The molecule has 1 aliphatic carbocycles. The first kappa shape index (κ1) is 14.8. The van der Waals surface area contributed by atoms with Gasteiger partial charge in [-0.1, -0.05) is 25.7 Å². The van der Waals surface area contributed by atoms with Gasteiger partial charge in [0.1, 0.15) is 5.82 Å². The molecule has 1 aromatic heterocycles. The average molecular weight is 288 g/mol. The van der Waals surface area contributed by atoms with Crippen LogP contribution in [0.15, 0.2) is 18.6 Å². The third-order valence-electron chi connectivity index (χ3n) is 5.28. The van der Waals surface area contributed by atoms with E-state index >= 15 is 0 Å². The number of nitrogens with zero attached hydrogens (tertiary/aromatic N) is 4. The van der Waals surface area contributed by atoms with Crippen LogP contribution >= 0.6 is 0 Å². The van der Waals surface area contributed by atoms with Crippen LogP contribution in [0.3, 0.4) is 0 Å². The molecule has 1 saturated carbocycles. The summed E-state index contributed by atoms with van der Waals surface area (Å²) in [5.41, 5.74) is 0.366. The molecule has 0 N–H and O–H groups in total. The normalized spacial score (nSPS) is 22.9. The highest BCUT2D eigenvalue weighted by molar-refractivity contribution is 5.34. The number of anilines is 1. The second kappa shape index (κ2) is 6.73. The van der Waals surface area contributed by atoms with Crippen molar-refractivity contribution >= 4 is 5.82 Å². The second-order valence-electron chi connectivity index (χ2n) is 6.75. The van der Waals surface area contributed by atoms with Gasteiger partial charge in [-0.2, -0.15) is 0 Å². The fourth-order valence-electron chi connectivity index (χ4n) is 4.16. The van der Waals surface area contributed by atoms with E-state index in [4.69, 9.17) is 0 Å². The van der Waals surface area contributed by atoms with E-state index in [0.29, 0.717) is 5.54 Å². The Morgan fingerprint density at radius 2 is 1.76 bits per heavy atom. The second-order valence-corrected chi connectivity index (χ2v) is 6.75. The molecular formula is C17H28N4. The smallest absolute Gasteiger partial charge is 0.146 e. The van der Waals surface area contributed by atoms with Crippen LogP contribution in [0.4, 0.5) is 5.82 Å². The van der Waals surface area contributed by atoms with Crippen molar-refractivity contribution < 1.29 is 0 Å². The number of aromatic nitrogens is 2. The zero-order chi connectivity index (χ0) is 14.5. The molecule has 0 unspecified atom stereocenters. The number of piperidine rings is 1. The van der Waals surface area contributed by atoms with Crippen molar-refractivity contribution in [3.05, 3.63) is 18.6 Å². The Morgan fingerprint density at radius 3 is 2.43 bits per heavy atom. The lowest BCUT2D eigenvalue weighted by Gasteiger charge is -2.50. The summed E-state index contributed by atoms with van der Waals surface area (Å²) in [7, 11) is 2.17. The fraction of sp³-hybridized carbons (Fsp3) is 0.765.